The Balaban J connectivity index is 2.33. The van der Waals surface area contributed by atoms with E-state index >= 15 is 0 Å². The summed E-state index contributed by atoms with van der Waals surface area (Å²) in [5.74, 6) is 0.800. The molecule has 3 heteroatoms. The Labute approximate surface area is 66.8 Å². The summed E-state index contributed by atoms with van der Waals surface area (Å²) < 4.78 is 9.93. The predicted octanol–water partition coefficient (Wildman–Crippen LogP) is 1.49. The van der Waals surface area contributed by atoms with Gasteiger partial charge in [0, 0.05) is 0 Å². The minimum Gasteiger partial charge on any atom is -0.535 e. The first kappa shape index (κ1) is 7.73. The van der Waals surface area contributed by atoms with Crippen LogP contribution in [0.5, 0.6) is 5.75 Å². The standard InChI is InChI=1S/C8H9BO2/c1-2-10-9-11-8-6-4-3-5-7-8/h2-7,9H,1H2. The smallest absolute Gasteiger partial charge is 0.535 e. The van der Waals surface area contributed by atoms with Gasteiger partial charge in [-0.1, -0.05) is 24.8 Å². The van der Waals surface area contributed by atoms with Crippen molar-refractivity contribution in [1.82, 2.24) is 0 Å². The maximum Gasteiger partial charge on any atom is 0.576 e. The van der Waals surface area contributed by atoms with Crippen LogP contribution in [0.4, 0.5) is 0 Å². The van der Waals surface area contributed by atoms with Crippen LogP contribution in [0.2, 0.25) is 0 Å². The van der Waals surface area contributed by atoms with E-state index in [0.29, 0.717) is 0 Å². The molecule has 0 bridgehead atoms. The van der Waals surface area contributed by atoms with Crippen LogP contribution in [0.15, 0.2) is 43.2 Å². The van der Waals surface area contributed by atoms with E-state index in [1.165, 1.54) is 6.26 Å². The molecule has 0 unspecified atom stereocenters. The zero-order chi connectivity index (χ0) is 7.94. The topological polar surface area (TPSA) is 18.5 Å². The van der Waals surface area contributed by atoms with E-state index in [4.69, 9.17) is 9.31 Å². The molecule has 0 saturated heterocycles. The first-order valence-electron chi connectivity index (χ1n) is 3.34. The third-order valence-corrected chi connectivity index (χ3v) is 1.15. The first-order chi connectivity index (χ1) is 5.43. The molecule has 0 aliphatic rings. The summed E-state index contributed by atoms with van der Waals surface area (Å²) in [6.45, 7) is 3.39. The monoisotopic (exact) mass is 148 g/mol. The third-order valence-electron chi connectivity index (χ3n) is 1.15. The molecular formula is C8H9BO2. The lowest BCUT2D eigenvalue weighted by Crippen LogP contribution is -2.02. The van der Waals surface area contributed by atoms with Gasteiger partial charge in [-0.2, -0.15) is 0 Å². The molecule has 0 atom stereocenters. The molecule has 0 heterocycles. The molecule has 1 aromatic rings. The van der Waals surface area contributed by atoms with Gasteiger partial charge in [0.05, 0.1) is 6.26 Å². The van der Waals surface area contributed by atoms with Gasteiger partial charge < -0.3 is 9.31 Å². The van der Waals surface area contributed by atoms with Crippen molar-refractivity contribution in [1.29, 1.82) is 0 Å². The predicted molar refractivity (Wildman–Crippen MR) is 45.5 cm³/mol. The van der Waals surface area contributed by atoms with Crippen LogP contribution in [-0.2, 0) is 4.65 Å². The normalized spacial score (nSPS) is 8.36. The van der Waals surface area contributed by atoms with Crippen LogP contribution >= 0.6 is 0 Å². The summed E-state index contributed by atoms with van der Waals surface area (Å²) in [6.07, 6.45) is 1.35. The van der Waals surface area contributed by atoms with Gasteiger partial charge in [0.25, 0.3) is 0 Å². The minimum atomic E-state index is 0.216. The van der Waals surface area contributed by atoms with Gasteiger partial charge in [-0.05, 0) is 12.1 Å². The van der Waals surface area contributed by atoms with Gasteiger partial charge in [0.1, 0.15) is 5.75 Å². The van der Waals surface area contributed by atoms with E-state index in [0.717, 1.165) is 5.75 Å². The van der Waals surface area contributed by atoms with Crippen molar-refractivity contribution in [3.8, 4) is 5.75 Å². The van der Waals surface area contributed by atoms with Gasteiger partial charge in [-0.3, -0.25) is 0 Å². The van der Waals surface area contributed by atoms with Crippen molar-refractivity contribution in [3.63, 3.8) is 0 Å². The quantitative estimate of drug-likeness (QED) is 0.365. The van der Waals surface area contributed by atoms with E-state index in [1.54, 1.807) is 0 Å². The second kappa shape index (κ2) is 4.44. The molecule has 0 spiro atoms. The first-order valence-corrected chi connectivity index (χ1v) is 3.34. The molecule has 11 heavy (non-hydrogen) atoms. The molecule has 0 N–H and O–H groups in total. The molecule has 1 aromatic carbocycles. The molecule has 1 rings (SSSR count). The highest BCUT2D eigenvalue weighted by molar-refractivity contribution is 6.19. The average molecular weight is 148 g/mol. The number of benzene rings is 1. The Morgan fingerprint density at radius 1 is 1.27 bits per heavy atom. The van der Waals surface area contributed by atoms with E-state index in [9.17, 15) is 0 Å². The fourth-order valence-electron chi connectivity index (χ4n) is 0.667. The maximum absolute atomic E-state index is 5.15. The number of rotatable bonds is 4. The van der Waals surface area contributed by atoms with Gasteiger partial charge in [0.15, 0.2) is 0 Å². The molecule has 0 fully saturated rings. The summed E-state index contributed by atoms with van der Waals surface area (Å²) >= 11 is 0. The number of hydrogen-bond acceptors (Lipinski definition) is 2. The lowest BCUT2D eigenvalue weighted by molar-refractivity contribution is 0.414. The van der Waals surface area contributed by atoms with Crippen molar-refractivity contribution in [3.05, 3.63) is 43.2 Å². The average Bonchev–Trinajstić information content (AvgIpc) is 2.07. The van der Waals surface area contributed by atoms with E-state index in [1.807, 2.05) is 30.3 Å². The second-order valence-corrected chi connectivity index (χ2v) is 1.91. The SMILES string of the molecule is C=COBOc1ccccc1. The highest BCUT2D eigenvalue weighted by Crippen LogP contribution is 2.06. The van der Waals surface area contributed by atoms with Gasteiger partial charge in [-0.25, -0.2) is 0 Å². The molecule has 0 radical (unpaired) electrons. The largest absolute Gasteiger partial charge is 0.576 e. The van der Waals surface area contributed by atoms with Gasteiger partial charge >= 0.3 is 7.69 Å². The molecule has 0 aliphatic carbocycles. The maximum atomic E-state index is 5.15. The zero-order valence-electron chi connectivity index (χ0n) is 6.19. The van der Waals surface area contributed by atoms with E-state index in [2.05, 4.69) is 6.58 Å². The Hall–Kier alpha value is -1.38. The molecule has 56 valence electrons. The number of para-hydroxylation sites is 1. The summed E-state index contributed by atoms with van der Waals surface area (Å²) in [5.41, 5.74) is 0. The molecule has 0 saturated carbocycles. The minimum absolute atomic E-state index is 0.216. The van der Waals surface area contributed by atoms with Crippen LogP contribution in [0.25, 0.3) is 0 Å². The Morgan fingerprint density at radius 3 is 2.64 bits per heavy atom. The van der Waals surface area contributed by atoms with Crippen molar-refractivity contribution >= 4 is 7.69 Å². The Morgan fingerprint density at radius 2 is 2.00 bits per heavy atom. The van der Waals surface area contributed by atoms with Gasteiger partial charge in [-0.15, -0.1) is 0 Å². The van der Waals surface area contributed by atoms with Crippen molar-refractivity contribution in [2.75, 3.05) is 0 Å². The lowest BCUT2D eigenvalue weighted by Gasteiger charge is -2.01. The van der Waals surface area contributed by atoms with Crippen molar-refractivity contribution in [2.45, 2.75) is 0 Å². The fourth-order valence-corrected chi connectivity index (χ4v) is 0.667. The second-order valence-electron chi connectivity index (χ2n) is 1.91. The molecule has 0 aromatic heterocycles. The zero-order valence-corrected chi connectivity index (χ0v) is 6.19. The van der Waals surface area contributed by atoms with Gasteiger partial charge in [0.2, 0.25) is 0 Å². The highest BCUT2D eigenvalue weighted by Gasteiger charge is 1.91. The lowest BCUT2D eigenvalue weighted by atomic mass is 10.3. The van der Waals surface area contributed by atoms with Crippen molar-refractivity contribution < 1.29 is 9.31 Å². The summed E-state index contributed by atoms with van der Waals surface area (Å²) in [4.78, 5) is 0. The van der Waals surface area contributed by atoms with Crippen LogP contribution in [-0.4, -0.2) is 7.69 Å². The summed E-state index contributed by atoms with van der Waals surface area (Å²) in [5, 5.41) is 0. The van der Waals surface area contributed by atoms with E-state index < -0.39 is 0 Å². The third kappa shape index (κ3) is 2.80. The van der Waals surface area contributed by atoms with Crippen LogP contribution < -0.4 is 4.65 Å². The Bertz CT molecular complexity index is 211. The van der Waals surface area contributed by atoms with Crippen molar-refractivity contribution in [2.24, 2.45) is 0 Å². The summed E-state index contributed by atoms with van der Waals surface area (Å²) in [6, 6.07) is 9.48. The molecular weight excluding hydrogens is 139 g/mol. The number of hydrogen-bond donors (Lipinski definition) is 0. The fraction of sp³-hybridized carbons (Fsp3) is 0. The molecule has 0 amide bonds. The summed E-state index contributed by atoms with van der Waals surface area (Å²) in [7, 11) is 0.216. The van der Waals surface area contributed by atoms with E-state index in [-0.39, 0.29) is 7.69 Å². The highest BCUT2D eigenvalue weighted by atomic mass is 16.6. The van der Waals surface area contributed by atoms with Crippen LogP contribution in [0.1, 0.15) is 0 Å². The molecule has 0 aliphatic heterocycles. The van der Waals surface area contributed by atoms with Crippen LogP contribution in [0.3, 0.4) is 0 Å². The van der Waals surface area contributed by atoms with Crippen LogP contribution in [0, 0.1) is 0 Å². The Kier molecular flexibility index (Phi) is 3.12. The molecule has 2 nitrogen and oxygen atoms in total.